The second kappa shape index (κ2) is 3.47. The summed E-state index contributed by atoms with van der Waals surface area (Å²) in [4.78, 5) is 24.7. The predicted octanol–water partition coefficient (Wildman–Crippen LogP) is 0.423. The van der Waals surface area contributed by atoms with Crippen LogP contribution in [-0.2, 0) is 14.3 Å². The van der Waals surface area contributed by atoms with Gasteiger partial charge in [-0.1, -0.05) is 25.3 Å². The second-order valence-corrected chi connectivity index (χ2v) is 3.41. The zero-order valence-corrected chi connectivity index (χ0v) is 8.23. The lowest BCUT2D eigenvalue weighted by molar-refractivity contribution is -0.137. The molecule has 0 aliphatic carbocycles. The summed E-state index contributed by atoms with van der Waals surface area (Å²) in [6, 6.07) is 0. The minimum Gasteiger partial charge on any atom is -0.371 e. The van der Waals surface area contributed by atoms with Gasteiger partial charge < -0.3 is 4.74 Å². The molecular formula is C11H11NO3. The van der Waals surface area contributed by atoms with Crippen LogP contribution in [0.2, 0.25) is 0 Å². The molecule has 0 aromatic carbocycles. The Hall–Kier alpha value is -1.68. The van der Waals surface area contributed by atoms with Gasteiger partial charge in [-0.3, -0.25) is 14.5 Å². The number of rotatable bonds is 4. The Morgan fingerprint density at radius 3 is 2.07 bits per heavy atom. The number of amides is 2. The van der Waals surface area contributed by atoms with Gasteiger partial charge in [0.25, 0.3) is 11.8 Å². The summed E-state index contributed by atoms with van der Waals surface area (Å²) < 4.78 is 4.99. The maximum atomic E-state index is 11.8. The van der Waals surface area contributed by atoms with Crippen molar-refractivity contribution in [3.8, 4) is 0 Å². The molecule has 0 bridgehead atoms. The van der Waals surface area contributed by atoms with Crippen LogP contribution in [0.4, 0.5) is 0 Å². The van der Waals surface area contributed by atoms with Gasteiger partial charge in [-0.2, -0.15) is 0 Å². The third-order valence-corrected chi connectivity index (χ3v) is 2.44. The Kier molecular flexibility index (Phi) is 2.28. The van der Waals surface area contributed by atoms with Gasteiger partial charge in [-0.15, -0.1) is 0 Å². The lowest BCUT2D eigenvalue weighted by Gasteiger charge is -2.12. The van der Waals surface area contributed by atoms with E-state index in [9.17, 15) is 9.59 Å². The number of ether oxygens (including phenoxy) is 1. The van der Waals surface area contributed by atoms with Gasteiger partial charge >= 0.3 is 0 Å². The monoisotopic (exact) mass is 205 g/mol. The van der Waals surface area contributed by atoms with Crippen molar-refractivity contribution >= 4 is 11.8 Å². The molecule has 2 amide bonds. The van der Waals surface area contributed by atoms with Crippen LogP contribution in [-0.4, -0.2) is 36.0 Å². The predicted molar refractivity (Wildman–Crippen MR) is 53.9 cm³/mol. The third-order valence-electron chi connectivity index (χ3n) is 2.44. The fraction of sp³-hybridized carbons (Fsp3) is 0.273. The molecule has 15 heavy (non-hydrogen) atoms. The van der Waals surface area contributed by atoms with Crippen molar-refractivity contribution in [3.63, 3.8) is 0 Å². The molecule has 2 aliphatic rings. The number of hydrogen-bond donors (Lipinski definition) is 0. The first-order chi connectivity index (χ1) is 7.19. The Bertz CT molecular complexity index is 361. The lowest BCUT2D eigenvalue weighted by atomic mass is 10.1. The molecule has 1 unspecified atom stereocenters. The Labute approximate surface area is 87.5 Å². The molecule has 0 aromatic rings. The van der Waals surface area contributed by atoms with E-state index < -0.39 is 0 Å². The van der Waals surface area contributed by atoms with E-state index >= 15 is 0 Å². The van der Waals surface area contributed by atoms with Crippen LogP contribution >= 0.6 is 0 Å². The molecule has 1 saturated heterocycles. The fourth-order valence-corrected chi connectivity index (χ4v) is 1.55. The first kappa shape index (κ1) is 9.86. The normalized spacial score (nSPS) is 24.8. The highest BCUT2D eigenvalue weighted by atomic mass is 16.6. The second-order valence-electron chi connectivity index (χ2n) is 3.41. The molecule has 78 valence electrons. The molecule has 1 atom stereocenters. The van der Waals surface area contributed by atoms with E-state index in [-0.39, 0.29) is 17.9 Å². The van der Waals surface area contributed by atoms with Crippen molar-refractivity contribution in [2.24, 2.45) is 0 Å². The SMILES string of the molecule is C=CC1=C(C=C)C(=O)N(CC2CO2)C1=O. The van der Waals surface area contributed by atoms with Crippen LogP contribution < -0.4 is 0 Å². The number of epoxide rings is 1. The topological polar surface area (TPSA) is 49.9 Å². The van der Waals surface area contributed by atoms with Crippen LogP contribution in [0.1, 0.15) is 0 Å². The van der Waals surface area contributed by atoms with Crippen molar-refractivity contribution in [2.75, 3.05) is 13.2 Å². The fourth-order valence-electron chi connectivity index (χ4n) is 1.55. The quantitative estimate of drug-likeness (QED) is 0.493. The van der Waals surface area contributed by atoms with Crippen molar-refractivity contribution in [1.29, 1.82) is 0 Å². The summed E-state index contributed by atoms with van der Waals surface area (Å²) in [6.45, 7) is 7.98. The van der Waals surface area contributed by atoms with Gasteiger partial charge in [0.15, 0.2) is 0 Å². The Morgan fingerprint density at radius 1 is 1.27 bits per heavy atom. The van der Waals surface area contributed by atoms with Gasteiger partial charge in [0, 0.05) is 0 Å². The van der Waals surface area contributed by atoms with E-state index in [1.165, 1.54) is 17.1 Å². The number of hydrogen-bond acceptors (Lipinski definition) is 3. The van der Waals surface area contributed by atoms with E-state index in [0.717, 1.165) is 0 Å². The molecule has 0 radical (unpaired) electrons. The maximum Gasteiger partial charge on any atom is 0.261 e. The van der Waals surface area contributed by atoms with E-state index in [2.05, 4.69) is 13.2 Å². The molecule has 2 heterocycles. The minimum atomic E-state index is -0.305. The zero-order valence-electron chi connectivity index (χ0n) is 8.23. The van der Waals surface area contributed by atoms with E-state index in [4.69, 9.17) is 4.74 Å². The minimum absolute atomic E-state index is 0.00753. The smallest absolute Gasteiger partial charge is 0.261 e. The van der Waals surface area contributed by atoms with Crippen LogP contribution in [0.25, 0.3) is 0 Å². The molecule has 0 N–H and O–H groups in total. The number of carbonyl (C=O) groups excluding carboxylic acids is 2. The van der Waals surface area contributed by atoms with Crippen molar-refractivity contribution in [1.82, 2.24) is 4.90 Å². The summed E-state index contributed by atoms with van der Waals surface area (Å²) in [6.07, 6.45) is 2.80. The summed E-state index contributed by atoms with van der Waals surface area (Å²) in [5.74, 6) is -0.610. The average Bonchev–Trinajstić information content (AvgIpc) is 3.00. The highest BCUT2D eigenvalue weighted by Gasteiger charge is 2.39. The van der Waals surface area contributed by atoms with Crippen molar-refractivity contribution in [3.05, 3.63) is 36.5 Å². The van der Waals surface area contributed by atoms with E-state index in [1.54, 1.807) is 0 Å². The number of carbonyl (C=O) groups is 2. The Morgan fingerprint density at radius 2 is 1.73 bits per heavy atom. The standard InChI is InChI=1S/C11H11NO3/c1-3-8-9(4-2)11(14)12(10(8)13)5-7-6-15-7/h3-4,7H,1-2,5-6H2. The number of imide groups is 1. The summed E-state index contributed by atoms with van der Waals surface area (Å²) in [7, 11) is 0. The van der Waals surface area contributed by atoms with Gasteiger partial charge in [0.05, 0.1) is 30.4 Å². The van der Waals surface area contributed by atoms with Gasteiger partial charge in [-0.25, -0.2) is 0 Å². The molecule has 0 aromatic heterocycles. The zero-order chi connectivity index (χ0) is 11.0. The van der Waals surface area contributed by atoms with Crippen LogP contribution in [0.3, 0.4) is 0 Å². The molecule has 2 aliphatic heterocycles. The lowest BCUT2D eigenvalue weighted by Crippen LogP contribution is -2.34. The maximum absolute atomic E-state index is 11.8. The number of nitrogens with zero attached hydrogens (tertiary/aromatic N) is 1. The van der Waals surface area contributed by atoms with Crippen molar-refractivity contribution in [2.45, 2.75) is 6.10 Å². The van der Waals surface area contributed by atoms with Gasteiger partial charge in [0.2, 0.25) is 0 Å². The molecule has 4 heteroatoms. The third kappa shape index (κ3) is 1.53. The summed E-state index contributed by atoms with van der Waals surface area (Å²) >= 11 is 0. The molecule has 4 nitrogen and oxygen atoms in total. The first-order valence-electron chi connectivity index (χ1n) is 4.66. The Balaban J connectivity index is 2.26. The summed E-state index contributed by atoms with van der Waals surface area (Å²) in [5.41, 5.74) is 0.659. The molecular weight excluding hydrogens is 194 g/mol. The van der Waals surface area contributed by atoms with Crippen LogP contribution in [0.15, 0.2) is 36.5 Å². The molecule has 2 rings (SSSR count). The highest BCUT2D eigenvalue weighted by Crippen LogP contribution is 2.24. The van der Waals surface area contributed by atoms with E-state index in [1.807, 2.05) is 0 Å². The van der Waals surface area contributed by atoms with Crippen molar-refractivity contribution < 1.29 is 14.3 Å². The molecule has 1 fully saturated rings. The van der Waals surface area contributed by atoms with Gasteiger partial charge in [-0.05, 0) is 0 Å². The highest BCUT2D eigenvalue weighted by molar-refractivity contribution is 6.21. The molecule has 0 spiro atoms. The average molecular weight is 205 g/mol. The molecule has 0 saturated carbocycles. The summed E-state index contributed by atoms with van der Waals surface area (Å²) in [5, 5.41) is 0. The van der Waals surface area contributed by atoms with Crippen LogP contribution in [0.5, 0.6) is 0 Å². The van der Waals surface area contributed by atoms with Crippen LogP contribution in [0, 0.1) is 0 Å². The largest absolute Gasteiger partial charge is 0.371 e. The first-order valence-corrected chi connectivity index (χ1v) is 4.66. The van der Waals surface area contributed by atoms with Gasteiger partial charge in [0.1, 0.15) is 0 Å². The van der Waals surface area contributed by atoms with E-state index in [0.29, 0.717) is 24.3 Å².